The van der Waals surface area contributed by atoms with Crippen molar-refractivity contribution in [3.05, 3.63) is 34.9 Å². The third-order valence-electron chi connectivity index (χ3n) is 4.73. The SMILES string of the molecule is CCCNC(=O)N1CCN(C(=O)c2ccc3c(c2)CCC3)CC1. The van der Waals surface area contributed by atoms with Gasteiger partial charge in [0.1, 0.15) is 0 Å². The van der Waals surface area contributed by atoms with E-state index in [0.717, 1.165) is 24.8 Å². The fraction of sp³-hybridized carbons (Fsp3) is 0.556. The summed E-state index contributed by atoms with van der Waals surface area (Å²) in [4.78, 5) is 28.3. The number of fused-ring (bicyclic) bond motifs is 1. The minimum Gasteiger partial charge on any atom is -0.338 e. The number of nitrogens with zero attached hydrogens (tertiary/aromatic N) is 2. The van der Waals surface area contributed by atoms with Crippen LogP contribution in [0.2, 0.25) is 0 Å². The summed E-state index contributed by atoms with van der Waals surface area (Å²) in [6.45, 7) is 5.16. The van der Waals surface area contributed by atoms with Gasteiger partial charge in [0, 0.05) is 38.3 Å². The van der Waals surface area contributed by atoms with E-state index in [0.29, 0.717) is 32.7 Å². The maximum absolute atomic E-state index is 12.7. The Kier molecular flexibility index (Phi) is 4.84. The van der Waals surface area contributed by atoms with Gasteiger partial charge < -0.3 is 15.1 Å². The van der Waals surface area contributed by atoms with Crippen LogP contribution in [-0.4, -0.2) is 54.5 Å². The Bertz CT molecular complexity index is 592. The topological polar surface area (TPSA) is 52.7 Å². The molecule has 23 heavy (non-hydrogen) atoms. The van der Waals surface area contributed by atoms with Gasteiger partial charge >= 0.3 is 6.03 Å². The number of hydrogen-bond donors (Lipinski definition) is 1. The highest BCUT2D eigenvalue weighted by molar-refractivity contribution is 5.94. The van der Waals surface area contributed by atoms with Crippen LogP contribution in [0.5, 0.6) is 0 Å². The summed E-state index contributed by atoms with van der Waals surface area (Å²) in [5, 5.41) is 2.89. The highest BCUT2D eigenvalue weighted by Gasteiger charge is 2.25. The highest BCUT2D eigenvalue weighted by Crippen LogP contribution is 2.23. The van der Waals surface area contributed by atoms with Crippen molar-refractivity contribution in [2.75, 3.05) is 32.7 Å². The van der Waals surface area contributed by atoms with Gasteiger partial charge in [-0.3, -0.25) is 4.79 Å². The van der Waals surface area contributed by atoms with E-state index in [9.17, 15) is 9.59 Å². The average Bonchev–Trinajstić information content (AvgIpc) is 3.06. The van der Waals surface area contributed by atoms with E-state index in [2.05, 4.69) is 17.4 Å². The molecule has 1 heterocycles. The predicted octanol–water partition coefficient (Wildman–Crippen LogP) is 2.05. The molecule has 1 aliphatic heterocycles. The molecule has 0 aromatic heterocycles. The second-order valence-corrected chi connectivity index (χ2v) is 6.35. The first-order valence-corrected chi connectivity index (χ1v) is 8.63. The molecule has 3 rings (SSSR count). The molecule has 124 valence electrons. The molecule has 2 aliphatic rings. The third kappa shape index (κ3) is 3.49. The molecule has 1 N–H and O–H groups in total. The number of urea groups is 1. The molecule has 0 bridgehead atoms. The fourth-order valence-electron chi connectivity index (χ4n) is 3.34. The summed E-state index contributed by atoms with van der Waals surface area (Å²) in [5.74, 6) is 0.0910. The van der Waals surface area contributed by atoms with Crippen molar-refractivity contribution in [1.82, 2.24) is 15.1 Å². The van der Waals surface area contributed by atoms with Crippen LogP contribution in [0.15, 0.2) is 18.2 Å². The lowest BCUT2D eigenvalue weighted by molar-refractivity contribution is 0.0665. The average molecular weight is 315 g/mol. The summed E-state index contributed by atoms with van der Waals surface area (Å²) in [6, 6.07) is 6.10. The largest absolute Gasteiger partial charge is 0.338 e. The first-order chi connectivity index (χ1) is 11.2. The number of carbonyl (C=O) groups is 2. The number of amides is 3. The summed E-state index contributed by atoms with van der Waals surface area (Å²) in [7, 11) is 0. The lowest BCUT2D eigenvalue weighted by atomic mass is 10.1. The zero-order chi connectivity index (χ0) is 16.2. The second kappa shape index (κ2) is 7.02. The highest BCUT2D eigenvalue weighted by atomic mass is 16.2. The van der Waals surface area contributed by atoms with Crippen LogP contribution in [0.4, 0.5) is 4.79 Å². The molecule has 1 saturated heterocycles. The molecule has 5 nitrogen and oxygen atoms in total. The summed E-state index contributed by atoms with van der Waals surface area (Å²) in [6.07, 6.45) is 4.35. The molecule has 1 aliphatic carbocycles. The van der Waals surface area contributed by atoms with E-state index in [-0.39, 0.29) is 11.9 Å². The molecular weight excluding hydrogens is 290 g/mol. The molecule has 0 radical (unpaired) electrons. The van der Waals surface area contributed by atoms with Gasteiger partial charge in [0.2, 0.25) is 0 Å². The lowest BCUT2D eigenvalue weighted by Gasteiger charge is -2.34. The molecular formula is C18H25N3O2. The monoisotopic (exact) mass is 315 g/mol. The van der Waals surface area contributed by atoms with Gasteiger partial charge in [-0.25, -0.2) is 4.79 Å². The molecule has 1 fully saturated rings. The Morgan fingerprint density at radius 2 is 1.74 bits per heavy atom. The van der Waals surface area contributed by atoms with Crippen molar-refractivity contribution in [3.63, 3.8) is 0 Å². The molecule has 1 aromatic carbocycles. The van der Waals surface area contributed by atoms with E-state index in [4.69, 9.17) is 0 Å². The molecule has 1 aromatic rings. The Balaban J connectivity index is 1.57. The smallest absolute Gasteiger partial charge is 0.317 e. The number of rotatable bonds is 3. The number of aryl methyl sites for hydroxylation is 2. The molecule has 0 atom stereocenters. The van der Waals surface area contributed by atoms with Crippen molar-refractivity contribution in [2.24, 2.45) is 0 Å². The van der Waals surface area contributed by atoms with Crippen molar-refractivity contribution in [2.45, 2.75) is 32.6 Å². The van der Waals surface area contributed by atoms with E-state index in [1.807, 2.05) is 17.9 Å². The molecule has 0 spiro atoms. The van der Waals surface area contributed by atoms with Gasteiger partial charge in [0.15, 0.2) is 0 Å². The van der Waals surface area contributed by atoms with Crippen molar-refractivity contribution in [1.29, 1.82) is 0 Å². The van der Waals surface area contributed by atoms with Crippen LogP contribution in [0.1, 0.15) is 41.3 Å². The lowest BCUT2D eigenvalue weighted by Crippen LogP contribution is -2.53. The van der Waals surface area contributed by atoms with Crippen LogP contribution in [0.3, 0.4) is 0 Å². The molecule has 0 unspecified atom stereocenters. The third-order valence-corrected chi connectivity index (χ3v) is 4.73. The van der Waals surface area contributed by atoms with E-state index >= 15 is 0 Å². The van der Waals surface area contributed by atoms with E-state index < -0.39 is 0 Å². The minimum atomic E-state index is -0.0171. The van der Waals surface area contributed by atoms with Crippen LogP contribution < -0.4 is 5.32 Å². The maximum atomic E-state index is 12.7. The number of nitrogens with one attached hydrogen (secondary N) is 1. The first-order valence-electron chi connectivity index (χ1n) is 8.63. The van der Waals surface area contributed by atoms with Gasteiger partial charge in [-0.05, 0) is 48.9 Å². The van der Waals surface area contributed by atoms with Crippen LogP contribution in [0.25, 0.3) is 0 Å². The minimum absolute atomic E-state index is 0.0171. The van der Waals surface area contributed by atoms with Gasteiger partial charge in [-0.15, -0.1) is 0 Å². The number of piperazine rings is 1. The van der Waals surface area contributed by atoms with Crippen molar-refractivity contribution < 1.29 is 9.59 Å². The van der Waals surface area contributed by atoms with Crippen molar-refractivity contribution in [3.8, 4) is 0 Å². The zero-order valence-electron chi connectivity index (χ0n) is 13.8. The maximum Gasteiger partial charge on any atom is 0.317 e. The number of hydrogen-bond acceptors (Lipinski definition) is 2. The number of benzene rings is 1. The van der Waals surface area contributed by atoms with Crippen molar-refractivity contribution >= 4 is 11.9 Å². The second-order valence-electron chi connectivity index (χ2n) is 6.35. The van der Waals surface area contributed by atoms with Crippen LogP contribution in [0, 0.1) is 0 Å². The van der Waals surface area contributed by atoms with Gasteiger partial charge in [0.05, 0.1) is 0 Å². The summed E-state index contributed by atoms with van der Waals surface area (Å²) < 4.78 is 0. The zero-order valence-corrected chi connectivity index (χ0v) is 13.8. The van der Waals surface area contributed by atoms with Gasteiger partial charge in [-0.2, -0.15) is 0 Å². The van der Waals surface area contributed by atoms with E-state index in [1.54, 1.807) is 4.90 Å². The first kappa shape index (κ1) is 15.8. The Morgan fingerprint density at radius 3 is 2.48 bits per heavy atom. The van der Waals surface area contributed by atoms with Crippen LogP contribution >= 0.6 is 0 Å². The predicted molar refractivity (Wildman–Crippen MR) is 89.6 cm³/mol. The molecule has 5 heteroatoms. The Morgan fingerprint density at radius 1 is 1.04 bits per heavy atom. The Hall–Kier alpha value is -2.04. The standard InChI is InChI=1S/C18H25N3O2/c1-2-8-19-18(23)21-11-9-20(10-12-21)17(22)16-7-6-14-4-3-5-15(14)13-16/h6-7,13H,2-5,8-12H2,1H3,(H,19,23). The molecule has 3 amide bonds. The van der Waals surface area contributed by atoms with Gasteiger partial charge in [0.25, 0.3) is 5.91 Å². The fourth-order valence-corrected chi connectivity index (χ4v) is 3.34. The summed E-state index contributed by atoms with van der Waals surface area (Å²) >= 11 is 0. The number of carbonyl (C=O) groups excluding carboxylic acids is 2. The summed E-state index contributed by atoms with van der Waals surface area (Å²) in [5.41, 5.74) is 3.50. The van der Waals surface area contributed by atoms with E-state index in [1.165, 1.54) is 17.5 Å². The van der Waals surface area contributed by atoms with Gasteiger partial charge in [-0.1, -0.05) is 13.0 Å². The van der Waals surface area contributed by atoms with Crippen LogP contribution in [-0.2, 0) is 12.8 Å². The Labute approximate surface area is 137 Å². The normalized spacial score (nSPS) is 17.1. The quantitative estimate of drug-likeness (QED) is 0.928. The molecule has 0 saturated carbocycles.